The fraction of sp³-hybridized carbons (Fsp3) is 0.375. The highest BCUT2D eigenvalue weighted by molar-refractivity contribution is 6.30. The van der Waals surface area contributed by atoms with Crippen LogP contribution in [0.3, 0.4) is 0 Å². The van der Waals surface area contributed by atoms with Gasteiger partial charge in [-0.1, -0.05) is 41.9 Å². The number of oxime groups is 1. The molecule has 0 aliphatic carbocycles. The number of hydrogen-bond acceptors (Lipinski definition) is 3. The van der Waals surface area contributed by atoms with Crippen LogP contribution in [0.15, 0.2) is 42.1 Å². The standard InChI is InChI=1S/C16H19ClN2O2/c1-3-9-19(16(20)4-2)11-14-10-15(18-21-14)12-5-7-13(17)8-6-12/h3,5-8,14H,1,4,9-11H2,2H3/t14-/m1/s1. The lowest BCUT2D eigenvalue weighted by molar-refractivity contribution is -0.132. The summed E-state index contributed by atoms with van der Waals surface area (Å²) < 4.78 is 0. The lowest BCUT2D eigenvalue weighted by atomic mass is 10.0. The van der Waals surface area contributed by atoms with Crippen molar-refractivity contribution in [2.24, 2.45) is 5.16 Å². The summed E-state index contributed by atoms with van der Waals surface area (Å²) in [6.07, 6.45) is 2.78. The summed E-state index contributed by atoms with van der Waals surface area (Å²) in [5, 5.41) is 4.82. The molecule has 2 rings (SSSR count). The van der Waals surface area contributed by atoms with E-state index in [9.17, 15) is 4.79 Å². The predicted octanol–water partition coefficient (Wildman–Crippen LogP) is 3.26. The van der Waals surface area contributed by atoms with E-state index in [0.717, 1.165) is 11.3 Å². The number of rotatable bonds is 6. The zero-order valence-corrected chi connectivity index (χ0v) is 12.8. The third-order valence-electron chi connectivity index (χ3n) is 3.34. The van der Waals surface area contributed by atoms with Crippen LogP contribution >= 0.6 is 11.6 Å². The van der Waals surface area contributed by atoms with Crippen LogP contribution in [0.2, 0.25) is 5.02 Å². The van der Waals surface area contributed by atoms with Crippen LogP contribution in [0.5, 0.6) is 0 Å². The summed E-state index contributed by atoms with van der Waals surface area (Å²) in [6, 6.07) is 7.51. The molecule has 1 aliphatic rings. The minimum Gasteiger partial charge on any atom is -0.390 e. The maximum Gasteiger partial charge on any atom is 0.222 e. The molecular weight excluding hydrogens is 288 g/mol. The average molecular weight is 307 g/mol. The van der Waals surface area contributed by atoms with Crippen LogP contribution in [0.4, 0.5) is 0 Å². The molecule has 0 saturated carbocycles. The molecule has 5 heteroatoms. The molecule has 0 unspecified atom stereocenters. The Bertz CT molecular complexity index is 540. The first kappa shape index (κ1) is 15.6. The molecule has 1 aliphatic heterocycles. The molecule has 1 aromatic rings. The monoisotopic (exact) mass is 306 g/mol. The van der Waals surface area contributed by atoms with Gasteiger partial charge in [0.05, 0.1) is 12.3 Å². The van der Waals surface area contributed by atoms with Crippen molar-refractivity contribution in [2.75, 3.05) is 13.1 Å². The molecule has 1 aromatic carbocycles. The molecule has 0 radical (unpaired) electrons. The Morgan fingerprint density at radius 3 is 2.86 bits per heavy atom. The molecule has 0 bridgehead atoms. The number of carbonyl (C=O) groups is 1. The van der Waals surface area contributed by atoms with Gasteiger partial charge in [0, 0.05) is 24.4 Å². The van der Waals surface area contributed by atoms with E-state index in [0.29, 0.717) is 31.0 Å². The van der Waals surface area contributed by atoms with E-state index < -0.39 is 0 Å². The normalized spacial score (nSPS) is 17.0. The number of nitrogens with zero attached hydrogens (tertiary/aromatic N) is 2. The third-order valence-corrected chi connectivity index (χ3v) is 3.59. The number of amides is 1. The second-order valence-electron chi connectivity index (χ2n) is 4.92. The van der Waals surface area contributed by atoms with Crippen molar-refractivity contribution in [3.63, 3.8) is 0 Å². The molecule has 1 atom stereocenters. The van der Waals surface area contributed by atoms with E-state index in [4.69, 9.17) is 16.4 Å². The molecule has 0 fully saturated rings. The van der Waals surface area contributed by atoms with E-state index in [2.05, 4.69) is 11.7 Å². The maximum absolute atomic E-state index is 11.8. The number of benzene rings is 1. The molecule has 112 valence electrons. The van der Waals surface area contributed by atoms with E-state index in [1.165, 1.54) is 0 Å². The van der Waals surface area contributed by atoms with E-state index in [-0.39, 0.29) is 12.0 Å². The lowest BCUT2D eigenvalue weighted by Crippen LogP contribution is -2.37. The zero-order valence-electron chi connectivity index (χ0n) is 12.1. The van der Waals surface area contributed by atoms with Crippen LogP contribution < -0.4 is 0 Å². The van der Waals surface area contributed by atoms with Gasteiger partial charge in [-0.2, -0.15) is 0 Å². The highest BCUT2D eigenvalue weighted by atomic mass is 35.5. The van der Waals surface area contributed by atoms with Crippen molar-refractivity contribution in [3.8, 4) is 0 Å². The van der Waals surface area contributed by atoms with Gasteiger partial charge in [0.2, 0.25) is 5.91 Å². The largest absolute Gasteiger partial charge is 0.390 e. The molecule has 0 aromatic heterocycles. The van der Waals surface area contributed by atoms with Gasteiger partial charge in [0.1, 0.15) is 0 Å². The highest BCUT2D eigenvalue weighted by Crippen LogP contribution is 2.19. The van der Waals surface area contributed by atoms with E-state index >= 15 is 0 Å². The van der Waals surface area contributed by atoms with Crippen molar-refractivity contribution in [2.45, 2.75) is 25.9 Å². The minimum absolute atomic E-state index is 0.0958. The Morgan fingerprint density at radius 1 is 1.52 bits per heavy atom. The Morgan fingerprint density at radius 2 is 2.24 bits per heavy atom. The van der Waals surface area contributed by atoms with Gasteiger partial charge >= 0.3 is 0 Å². The van der Waals surface area contributed by atoms with Crippen molar-refractivity contribution in [3.05, 3.63) is 47.5 Å². The first-order valence-electron chi connectivity index (χ1n) is 7.01. The molecule has 0 saturated heterocycles. The second kappa shape index (κ2) is 7.27. The van der Waals surface area contributed by atoms with Gasteiger partial charge in [0.15, 0.2) is 6.10 Å². The van der Waals surface area contributed by atoms with Crippen LogP contribution in [0, 0.1) is 0 Å². The quantitative estimate of drug-likeness (QED) is 0.757. The van der Waals surface area contributed by atoms with Crippen LogP contribution in [-0.4, -0.2) is 35.7 Å². The topological polar surface area (TPSA) is 41.9 Å². The lowest BCUT2D eigenvalue weighted by Gasteiger charge is -2.22. The third kappa shape index (κ3) is 4.08. The van der Waals surface area contributed by atoms with Gasteiger partial charge in [-0.05, 0) is 17.7 Å². The fourth-order valence-corrected chi connectivity index (χ4v) is 2.37. The molecule has 0 N–H and O–H groups in total. The SMILES string of the molecule is C=CCN(C[C@H]1CC(c2ccc(Cl)cc2)=NO1)C(=O)CC. The predicted molar refractivity (Wildman–Crippen MR) is 84.5 cm³/mol. The molecule has 0 spiro atoms. The fourth-order valence-electron chi connectivity index (χ4n) is 2.24. The van der Waals surface area contributed by atoms with Crippen LogP contribution in [0.1, 0.15) is 25.3 Å². The molecule has 21 heavy (non-hydrogen) atoms. The number of hydrogen-bond donors (Lipinski definition) is 0. The Hall–Kier alpha value is -1.81. The zero-order chi connectivity index (χ0) is 15.2. The van der Waals surface area contributed by atoms with Crippen molar-refractivity contribution in [1.82, 2.24) is 4.90 Å². The molecule has 1 amide bonds. The smallest absolute Gasteiger partial charge is 0.222 e. The first-order chi connectivity index (χ1) is 10.1. The molecule has 1 heterocycles. The Balaban J connectivity index is 1.95. The highest BCUT2D eigenvalue weighted by Gasteiger charge is 2.25. The summed E-state index contributed by atoms with van der Waals surface area (Å²) in [5.41, 5.74) is 1.89. The summed E-state index contributed by atoms with van der Waals surface area (Å²) in [4.78, 5) is 19.0. The average Bonchev–Trinajstić information content (AvgIpc) is 2.95. The second-order valence-corrected chi connectivity index (χ2v) is 5.35. The summed E-state index contributed by atoms with van der Waals surface area (Å²) in [6.45, 7) is 6.60. The number of halogens is 1. The van der Waals surface area contributed by atoms with Crippen molar-refractivity contribution in [1.29, 1.82) is 0 Å². The first-order valence-corrected chi connectivity index (χ1v) is 7.39. The van der Waals surface area contributed by atoms with Crippen molar-refractivity contribution < 1.29 is 9.63 Å². The molecular formula is C16H19ClN2O2. The van der Waals surface area contributed by atoms with Crippen LogP contribution in [-0.2, 0) is 9.63 Å². The summed E-state index contributed by atoms with van der Waals surface area (Å²) >= 11 is 5.88. The van der Waals surface area contributed by atoms with Crippen LogP contribution in [0.25, 0.3) is 0 Å². The van der Waals surface area contributed by atoms with Gasteiger partial charge in [-0.25, -0.2) is 0 Å². The minimum atomic E-state index is -0.105. The summed E-state index contributed by atoms with van der Waals surface area (Å²) in [7, 11) is 0. The number of carbonyl (C=O) groups excluding carboxylic acids is 1. The Labute approximate surface area is 130 Å². The molecule has 4 nitrogen and oxygen atoms in total. The van der Waals surface area contributed by atoms with Gasteiger partial charge < -0.3 is 9.74 Å². The maximum atomic E-state index is 11.8. The summed E-state index contributed by atoms with van der Waals surface area (Å²) in [5.74, 6) is 0.0958. The Kier molecular flexibility index (Phi) is 5.39. The van der Waals surface area contributed by atoms with Crippen molar-refractivity contribution >= 4 is 23.2 Å². The van der Waals surface area contributed by atoms with E-state index in [1.54, 1.807) is 11.0 Å². The van der Waals surface area contributed by atoms with Gasteiger partial charge in [-0.3, -0.25) is 4.79 Å². The van der Waals surface area contributed by atoms with E-state index in [1.807, 2.05) is 31.2 Å². The van der Waals surface area contributed by atoms with Gasteiger partial charge in [-0.15, -0.1) is 6.58 Å². The van der Waals surface area contributed by atoms with Gasteiger partial charge in [0.25, 0.3) is 0 Å².